The van der Waals surface area contributed by atoms with Crippen molar-refractivity contribution in [3.05, 3.63) is 68.8 Å². The van der Waals surface area contributed by atoms with Crippen LogP contribution in [0, 0.1) is 20.2 Å². The van der Waals surface area contributed by atoms with Gasteiger partial charge < -0.3 is 0 Å². The van der Waals surface area contributed by atoms with Gasteiger partial charge in [0.05, 0.1) is 31.4 Å². The first-order chi connectivity index (χ1) is 10.9. The van der Waals surface area contributed by atoms with E-state index >= 15 is 0 Å². The van der Waals surface area contributed by atoms with Crippen molar-refractivity contribution in [2.75, 3.05) is 5.08 Å². The van der Waals surface area contributed by atoms with Crippen LogP contribution in [0.5, 0.6) is 0 Å². The van der Waals surface area contributed by atoms with Crippen LogP contribution >= 0.6 is 0 Å². The monoisotopic (exact) mass is 354 g/mol. The van der Waals surface area contributed by atoms with Crippen LogP contribution in [-0.4, -0.2) is 23.3 Å². The van der Waals surface area contributed by atoms with Crippen molar-refractivity contribution in [2.45, 2.75) is 9.79 Å². The average molecular weight is 354 g/mol. The van der Waals surface area contributed by atoms with Crippen molar-refractivity contribution in [1.29, 1.82) is 0 Å². The topological polar surface area (TPSA) is 120 Å². The molecular weight excluding hydrogens is 344 g/mol. The highest BCUT2D eigenvalue weighted by Gasteiger charge is 2.14. The predicted molar refractivity (Wildman–Crippen MR) is 83.9 cm³/mol. The largest absolute Gasteiger partial charge is 0.269 e. The Kier molecular flexibility index (Phi) is 5.29. The Labute approximate surface area is 135 Å². The van der Waals surface area contributed by atoms with Gasteiger partial charge >= 0.3 is 0 Å². The molecular formula is C13H10N2O6S2. The summed E-state index contributed by atoms with van der Waals surface area (Å²) in [5, 5.41) is 20.9. The van der Waals surface area contributed by atoms with Crippen LogP contribution in [0.2, 0.25) is 0 Å². The van der Waals surface area contributed by atoms with Crippen molar-refractivity contribution in [3.8, 4) is 0 Å². The maximum absolute atomic E-state index is 12.1. The van der Waals surface area contributed by atoms with E-state index in [0.717, 1.165) is 0 Å². The van der Waals surface area contributed by atoms with Gasteiger partial charge in [-0.25, -0.2) is 0 Å². The summed E-state index contributed by atoms with van der Waals surface area (Å²) in [6.07, 6.45) is 0. The first kappa shape index (κ1) is 16.9. The van der Waals surface area contributed by atoms with Crippen LogP contribution in [0.3, 0.4) is 0 Å². The molecule has 0 amide bonds. The lowest BCUT2D eigenvalue weighted by molar-refractivity contribution is -0.385. The minimum atomic E-state index is -1.61. The lowest BCUT2D eigenvalue weighted by Crippen LogP contribution is -2.05. The first-order valence-corrected chi connectivity index (χ1v) is 8.78. The van der Waals surface area contributed by atoms with E-state index in [0.29, 0.717) is 9.79 Å². The predicted octanol–water partition coefficient (Wildman–Crippen LogP) is 2.38. The van der Waals surface area contributed by atoms with Gasteiger partial charge in [0.2, 0.25) is 0 Å². The summed E-state index contributed by atoms with van der Waals surface area (Å²) in [7, 11) is -3.21. The highest BCUT2D eigenvalue weighted by Crippen LogP contribution is 2.18. The van der Waals surface area contributed by atoms with E-state index in [1.54, 1.807) is 0 Å². The second kappa shape index (κ2) is 7.20. The van der Waals surface area contributed by atoms with Crippen molar-refractivity contribution < 1.29 is 18.3 Å². The van der Waals surface area contributed by atoms with Gasteiger partial charge in [0, 0.05) is 34.1 Å². The Morgan fingerprint density at radius 3 is 1.26 bits per heavy atom. The van der Waals surface area contributed by atoms with E-state index in [-0.39, 0.29) is 16.5 Å². The van der Waals surface area contributed by atoms with E-state index in [1.165, 1.54) is 48.5 Å². The quantitative estimate of drug-likeness (QED) is 0.580. The molecule has 0 bridgehead atoms. The van der Waals surface area contributed by atoms with Crippen molar-refractivity contribution >= 4 is 33.0 Å². The van der Waals surface area contributed by atoms with Gasteiger partial charge in [0.25, 0.3) is 11.4 Å². The molecule has 0 fully saturated rings. The maximum atomic E-state index is 12.1. The van der Waals surface area contributed by atoms with Crippen LogP contribution in [0.25, 0.3) is 0 Å². The van der Waals surface area contributed by atoms with Crippen LogP contribution < -0.4 is 0 Å². The van der Waals surface area contributed by atoms with Crippen LogP contribution in [0.4, 0.5) is 11.4 Å². The molecule has 0 aliphatic heterocycles. The number of non-ortho nitro benzene ring substituents is 2. The number of nitro groups is 2. The molecule has 0 aliphatic carbocycles. The Balaban J connectivity index is 2.08. The zero-order valence-electron chi connectivity index (χ0n) is 11.5. The second-order valence-electron chi connectivity index (χ2n) is 4.31. The third-order valence-electron chi connectivity index (χ3n) is 2.83. The summed E-state index contributed by atoms with van der Waals surface area (Å²) in [4.78, 5) is 20.6. The number of hydrogen-bond acceptors (Lipinski definition) is 6. The zero-order valence-corrected chi connectivity index (χ0v) is 13.1. The third-order valence-corrected chi connectivity index (χ3v) is 6.14. The van der Waals surface area contributed by atoms with Crippen LogP contribution in [0.1, 0.15) is 0 Å². The Morgan fingerprint density at radius 1 is 0.696 bits per heavy atom. The van der Waals surface area contributed by atoms with E-state index in [9.17, 15) is 28.6 Å². The molecule has 0 heterocycles. The normalized spacial score (nSPS) is 13.2. The van der Waals surface area contributed by atoms with E-state index < -0.39 is 31.4 Å². The summed E-state index contributed by atoms with van der Waals surface area (Å²) >= 11 is 0. The fourth-order valence-corrected chi connectivity index (χ4v) is 4.42. The highest BCUT2D eigenvalue weighted by molar-refractivity contribution is 8.01. The minimum Gasteiger partial charge on any atom is -0.258 e. The van der Waals surface area contributed by atoms with Crippen molar-refractivity contribution in [1.82, 2.24) is 0 Å². The van der Waals surface area contributed by atoms with Gasteiger partial charge in [-0.3, -0.25) is 28.6 Å². The molecule has 0 saturated carbocycles. The van der Waals surface area contributed by atoms with Gasteiger partial charge in [-0.1, -0.05) is 0 Å². The number of hydrogen-bond donors (Lipinski definition) is 0. The highest BCUT2D eigenvalue weighted by atomic mass is 32.2. The third kappa shape index (κ3) is 4.27. The Hall–Kier alpha value is -2.46. The molecule has 2 aromatic carbocycles. The summed E-state index contributed by atoms with van der Waals surface area (Å²) in [5.41, 5.74) is -0.246. The molecule has 8 nitrogen and oxygen atoms in total. The molecule has 0 radical (unpaired) electrons. The number of benzene rings is 2. The van der Waals surface area contributed by atoms with E-state index in [4.69, 9.17) is 0 Å². The van der Waals surface area contributed by atoms with Gasteiger partial charge in [-0.05, 0) is 24.3 Å². The molecule has 0 saturated heterocycles. The summed E-state index contributed by atoms with van der Waals surface area (Å²) in [6.45, 7) is 0. The molecule has 23 heavy (non-hydrogen) atoms. The maximum Gasteiger partial charge on any atom is 0.269 e. The Bertz CT molecular complexity index is 722. The van der Waals surface area contributed by atoms with E-state index in [1.807, 2.05) is 0 Å². The molecule has 2 atom stereocenters. The number of nitro benzene ring substituents is 2. The molecule has 0 N–H and O–H groups in total. The summed E-state index contributed by atoms with van der Waals surface area (Å²) < 4.78 is 24.2. The SMILES string of the molecule is O=[N+]([O-])c1ccc([S@@](=O)C[S@](=O)c2ccc([N+](=O)[O-])cc2)cc1. The van der Waals surface area contributed by atoms with Gasteiger partial charge in [0.15, 0.2) is 0 Å². The molecule has 0 unspecified atom stereocenters. The van der Waals surface area contributed by atoms with Crippen molar-refractivity contribution in [2.24, 2.45) is 0 Å². The second-order valence-corrected chi connectivity index (χ2v) is 7.58. The lowest BCUT2D eigenvalue weighted by Gasteiger charge is -2.03. The smallest absolute Gasteiger partial charge is 0.258 e. The number of nitrogens with zero attached hydrogens (tertiary/aromatic N) is 2. The summed E-state index contributed by atoms with van der Waals surface area (Å²) in [6, 6.07) is 10.3. The van der Waals surface area contributed by atoms with Crippen LogP contribution in [0.15, 0.2) is 58.3 Å². The summed E-state index contributed by atoms with van der Waals surface area (Å²) in [5.74, 6) is 0. The fourth-order valence-electron chi connectivity index (χ4n) is 1.67. The minimum absolute atomic E-state index is 0.123. The zero-order chi connectivity index (χ0) is 17.0. The lowest BCUT2D eigenvalue weighted by atomic mass is 10.3. The van der Waals surface area contributed by atoms with Crippen molar-refractivity contribution in [3.63, 3.8) is 0 Å². The molecule has 0 aliphatic rings. The van der Waals surface area contributed by atoms with Gasteiger partial charge in [-0.2, -0.15) is 0 Å². The Morgan fingerprint density at radius 2 is 1.00 bits per heavy atom. The molecule has 2 aromatic rings. The van der Waals surface area contributed by atoms with Crippen LogP contribution in [-0.2, 0) is 21.6 Å². The average Bonchev–Trinajstić information content (AvgIpc) is 2.54. The first-order valence-electron chi connectivity index (χ1n) is 6.14. The molecule has 0 spiro atoms. The van der Waals surface area contributed by atoms with E-state index in [2.05, 4.69) is 0 Å². The number of rotatable bonds is 6. The van der Waals surface area contributed by atoms with Gasteiger partial charge in [-0.15, -0.1) is 0 Å². The fraction of sp³-hybridized carbons (Fsp3) is 0.0769. The molecule has 120 valence electrons. The molecule has 0 aromatic heterocycles. The molecule has 10 heteroatoms. The van der Waals surface area contributed by atoms with Gasteiger partial charge in [0.1, 0.15) is 5.08 Å². The molecule has 2 rings (SSSR count). The standard InChI is InChI=1S/C13H10N2O6S2/c16-14(17)10-1-5-12(6-2-10)22(20)9-23(21)13-7-3-11(4-8-13)15(18)19/h1-8H,9H2/t22-,23-/m0/s1.